The van der Waals surface area contributed by atoms with Crippen LogP contribution >= 0.6 is 22.9 Å². The van der Waals surface area contributed by atoms with E-state index in [0.29, 0.717) is 31.7 Å². The van der Waals surface area contributed by atoms with Crippen molar-refractivity contribution in [3.8, 4) is 5.75 Å². The van der Waals surface area contributed by atoms with Crippen molar-refractivity contribution in [1.82, 2.24) is 14.3 Å². The first-order valence-electron chi connectivity index (χ1n) is 11.2. The minimum Gasteiger partial charge on any atom is -0.494 e. The van der Waals surface area contributed by atoms with E-state index in [1.807, 2.05) is 6.07 Å². The van der Waals surface area contributed by atoms with E-state index in [1.54, 1.807) is 44.8 Å². The number of halogens is 1. The molecule has 2 aromatic heterocycles. The monoisotopic (exact) mass is 542 g/mol. The molecule has 2 aromatic carbocycles. The Kier molecular flexibility index (Phi) is 6.69. The number of aromatic nitrogens is 2. The fourth-order valence-corrected chi connectivity index (χ4v) is 6.52. The van der Waals surface area contributed by atoms with Crippen molar-refractivity contribution in [3.63, 3.8) is 0 Å². The van der Waals surface area contributed by atoms with Crippen molar-refractivity contribution in [2.24, 2.45) is 0 Å². The number of benzene rings is 2. The number of hydrogen-bond acceptors (Lipinski definition) is 7. The number of rotatable bonds is 8. The molecule has 1 fully saturated rings. The maximum Gasteiger partial charge on any atom is 0.260 e. The molecule has 0 aliphatic heterocycles. The number of sulfonamides is 1. The second-order valence-corrected chi connectivity index (χ2v) is 11.8. The van der Waals surface area contributed by atoms with Crippen molar-refractivity contribution in [2.75, 3.05) is 19.1 Å². The van der Waals surface area contributed by atoms with E-state index in [-0.39, 0.29) is 23.4 Å². The summed E-state index contributed by atoms with van der Waals surface area (Å²) in [6, 6.07) is 13.2. The van der Waals surface area contributed by atoms with Gasteiger partial charge in [-0.25, -0.2) is 13.4 Å². The molecule has 1 aliphatic rings. The fraction of sp³-hybridized carbons (Fsp3) is 0.240. The summed E-state index contributed by atoms with van der Waals surface area (Å²) in [6.45, 7) is 0.219. The third-order valence-corrected chi connectivity index (χ3v) is 9.51. The van der Waals surface area contributed by atoms with Gasteiger partial charge in [0, 0.05) is 31.0 Å². The molecular formula is C25H23ClN4O4S2. The summed E-state index contributed by atoms with van der Waals surface area (Å²) in [7, 11) is -0.464. The molecule has 11 heteroatoms. The Hall–Kier alpha value is -3.05. The number of fused-ring (bicyclic) bond motifs is 1. The van der Waals surface area contributed by atoms with Crippen molar-refractivity contribution >= 4 is 54.2 Å². The minimum atomic E-state index is -3.61. The van der Waals surface area contributed by atoms with Crippen molar-refractivity contribution in [1.29, 1.82) is 0 Å². The summed E-state index contributed by atoms with van der Waals surface area (Å²) in [5, 5.41) is 0.952. The Morgan fingerprint density at radius 2 is 1.92 bits per heavy atom. The van der Waals surface area contributed by atoms with Crippen LogP contribution in [0.1, 0.15) is 28.8 Å². The maximum atomic E-state index is 13.7. The number of anilines is 1. The van der Waals surface area contributed by atoms with E-state index in [1.165, 1.54) is 44.8 Å². The lowest BCUT2D eigenvalue weighted by atomic mass is 10.2. The van der Waals surface area contributed by atoms with Crippen LogP contribution in [0.4, 0.5) is 5.13 Å². The van der Waals surface area contributed by atoms with Gasteiger partial charge in [-0.15, -0.1) is 0 Å². The van der Waals surface area contributed by atoms with Gasteiger partial charge in [-0.2, -0.15) is 4.31 Å². The summed E-state index contributed by atoms with van der Waals surface area (Å²) in [5.74, 6) is 0.229. The molecule has 8 nitrogen and oxygen atoms in total. The number of carbonyl (C=O) groups excluding carboxylic acids is 1. The Morgan fingerprint density at radius 3 is 2.56 bits per heavy atom. The predicted octanol–water partition coefficient (Wildman–Crippen LogP) is 4.98. The van der Waals surface area contributed by atoms with Gasteiger partial charge in [0.1, 0.15) is 11.3 Å². The van der Waals surface area contributed by atoms with E-state index in [2.05, 4.69) is 9.97 Å². The van der Waals surface area contributed by atoms with Crippen LogP contribution < -0.4 is 9.64 Å². The Balaban J connectivity index is 1.52. The molecule has 4 aromatic rings. The highest BCUT2D eigenvalue weighted by molar-refractivity contribution is 7.89. The third kappa shape index (κ3) is 4.69. The third-order valence-electron chi connectivity index (χ3n) is 6.05. The highest BCUT2D eigenvalue weighted by atomic mass is 35.5. The van der Waals surface area contributed by atoms with Crippen LogP contribution in [-0.2, 0) is 16.6 Å². The number of methoxy groups -OCH3 is 1. The van der Waals surface area contributed by atoms with E-state index in [9.17, 15) is 13.2 Å². The fourth-order valence-electron chi connectivity index (χ4n) is 3.85. The zero-order valence-corrected chi connectivity index (χ0v) is 22.0. The number of ether oxygens (including phenoxy) is 1. The number of pyridine rings is 1. The number of amides is 1. The summed E-state index contributed by atoms with van der Waals surface area (Å²) in [6.07, 6.45) is 5.08. The van der Waals surface area contributed by atoms with Crippen LogP contribution in [0.15, 0.2) is 65.8 Å². The molecule has 0 saturated heterocycles. The smallest absolute Gasteiger partial charge is 0.260 e. The molecule has 1 amide bonds. The molecule has 0 N–H and O–H groups in total. The quantitative estimate of drug-likeness (QED) is 0.312. The summed E-state index contributed by atoms with van der Waals surface area (Å²) in [5.41, 5.74) is 1.72. The lowest BCUT2D eigenvalue weighted by Gasteiger charge is -2.20. The SMILES string of the molecule is COc1ccc(Cl)c2sc(N(Cc3cccnc3)C(=O)c3ccc(S(=O)(=O)N(C)C4CC4)cc3)nc12. The largest absolute Gasteiger partial charge is 0.494 e. The Labute approximate surface area is 218 Å². The zero-order chi connectivity index (χ0) is 25.4. The van der Waals surface area contributed by atoms with Gasteiger partial charge in [0.05, 0.1) is 28.3 Å². The second kappa shape index (κ2) is 9.78. The number of nitrogens with zero attached hydrogens (tertiary/aromatic N) is 4. The maximum absolute atomic E-state index is 13.7. The minimum absolute atomic E-state index is 0.0501. The lowest BCUT2D eigenvalue weighted by Crippen LogP contribution is -2.31. The summed E-state index contributed by atoms with van der Waals surface area (Å²) in [4.78, 5) is 24.3. The standard InChI is InChI=1S/C25H23ClN4O4S2/c1-29(18-7-8-18)36(32,33)19-9-5-17(6-10-19)24(31)30(15-16-4-3-13-27-14-16)25-28-22-21(34-2)12-11-20(26)23(22)35-25/h3-6,9-14,18H,7-8,15H2,1-2H3. The molecule has 2 heterocycles. The summed E-state index contributed by atoms with van der Waals surface area (Å²) >= 11 is 7.70. The average molecular weight is 543 g/mol. The Morgan fingerprint density at radius 1 is 1.17 bits per heavy atom. The van der Waals surface area contributed by atoms with Gasteiger partial charge in [0.25, 0.3) is 5.91 Å². The lowest BCUT2D eigenvalue weighted by molar-refractivity contribution is 0.0985. The molecule has 0 radical (unpaired) electrons. The molecule has 1 aliphatic carbocycles. The van der Waals surface area contributed by atoms with Crippen LogP contribution in [0.3, 0.4) is 0 Å². The highest BCUT2D eigenvalue weighted by Crippen LogP contribution is 2.39. The van der Waals surface area contributed by atoms with Crippen LogP contribution in [0.2, 0.25) is 5.02 Å². The Bertz CT molecular complexity index is 1520. The average Bonchev–Trinajstić information content (AvgIpc) is 3.65. The van der Waals surface area contributed by atoms with Crippen LogP contribution in [-0.4, -0.2) is 48.8 Å². The van der Waals surface area contributed by atoms with E-state index >= 15 is 0 Å². The van der Waals surface area contributed by atoms with E-state index in [4.69, 9.17) is 16.3 Å². The molecule has 0 bridgehead atoms. The second-order valence-electron chi connectivity index (χ2n) is 8.45. The molecule has 0 unspecified atom stereocenters. The van der Waals surface area contributed by atoms with Crippen LogP contribution in [0.5, 0.6) is 5.75 Å². The van der Waals surface area contributed by atoms with Gasteiger partial charge in [0.15, 0.2) is 5.13 Å². The molecule has 5 rings (SSSR count). The van der Waals surface area contributed by atoms with Gasteiger partial charge in [-0.05, 0) is 60.9 Å². The number of carbonyl (C=O) groups is 1. The van der Waals surface area contributed by atoms with Crippen LogP contribution in [0.25, 0.3) is 10.2 Å². The zero-order valence-electron chi connectivity index (χ0n) is 19.6. The number of thiazole rings is 1. The molecular weight excluding hydrogens is 520 g/mol. The predicted molar refractivity (Wildman–Crippen MR) is 140 cm³/mol. The highest BCUT2D eigenvalue weighted by Gasteiger charge is 2.35. The van der Waals surface area contributed by atoms with Gasteiger partial charge in [0.2, 0.25) is 10.0 Å². The molecule has 36 heavy (non-hydrogen) atoms. The first-order chi connectivity index (χ1) is 17.3. The topological polar surface area (TPSA) is 92.7 Å². The van der Waals surface area contributed by atoms with Gasteiger partial charge in [-0.1, -0.05) is 29.0 Å². The van der Waals surface area contributed by atoms with Gasteiger partial charge in [-0.3, -0.25) is 14.7 Å². The number of hydrogen-bond donors (Lipinski definition) is 0. The van der Waals surface area contributed by atoms with Gasteiger partial charge < -0.3 is 4.74 Å². The molecule has 186 valence electrons. The van der Waals surface area contributed by atoms with Crippen molar-refractivity contribution < 1.29 is 17.9 Å². The van der Waals surface area contributed by atoms with Crippen molar-refractivity contribution in [3.05, 3.63) is 77.1 Å². The van der Waals surface area contributed by atoms with Gasteiger partial charge >= 0.3 is 0 Å². The van der Waals surface area contributed by atoms with Crippen LogP contribution in [0, 0.1) is 0 Å². The summed E-state index contributed by atoms with van der Waals surface area (Å²) < 4.78 is 33.3. The normalized spacial score (nSPS) is 13.8. The first-order valence-corrected chi connectivity index (χ1v) is 13.8. The van der Waals surface area contributed by atoms with E-state index in [0.717, 1.165) is 18.4 Å². The molecule has 0 atom stereocenters. The molecule has 0 spiro atoms. The van der Waals surface area contributed by atoms with Crippen molar-refractivity contribution in [2.45, 2.75) is 30.3 Å². The first kappa shape index (κ1) is 24.6. The molecule has 1 saturated carbocycles. The van der Waals surface area contributed by atoms with E-state index < -0.39 is 10.0 Å².